The van der Waals surface area contributed by atoms with E-state index in [0.717, 1.165) is 47.5 Å². The highest BCUT2D eigenvalue weighted by Gasteiger charge is 2.13. The molecular formula is C15H18ClNO. The SMILES string of the molecule is Cc1cccc(N/C=C2\CCCCCC2=O)c1Cl. The molecule has 18 heavy (non-hydrogen) atoms. The summed E-state index contributed by atoms with van der Waals surface area (Å²) in [6.45, 7) is 1.97. The molecule has 0 aromatic heterocycles. The number of aryl methyl sites for hydroxylation is 1. The van der Waals surface area contributed by atoms with Crippen LogP contribution < -0.4 is 5.32 Å². The van der Waals surface area contributed by atoms with Crippen LogP contribution in [0.25, 0.3) is 0 Å². The van der Waals surface area contributed by atoms with Crippen molar-refractivity contribution in [1.29, 1.82) is 0 Å². The first kappa shape index (κ1) is 13.2. The molecule has 1 saturated carbocycles. The van der Waals surface area contributed by atoms with Crippen LogP contribution in [-0.4, -0.2) is 5.78 Å². The number of carbonyl (C=O) groups is 1. The topological polar surface area (TPSA) is 29.1 Å². The summed E-state index contributed by atoms with van der Waals surface area (Å²) in [4.78, 5) is 11.8. The van der Waals surface area contributed by atoms with Crippen molar-refractivity contribution in [2.24, 2.45) is 0 Å². The Bertz CT molecular complexity index is 479. The summed E-state index contributed by atoms with van der Waals surface area (Å²) >= 11 is 6.20. The lowest BCUT2D eigenvalue weighted by Crippen LogP contribution is -2.02. The summed E-state index contributed by atoms with van der Waals surface area (Å²) in [6.07, 6.45) is 6.63. The number of ketones is 1. The minimum Gasteiger partial charge on any atom is -0.360 e. The van der Waals surface area contributed by atoms with Crippen molar-refractivity contribution in [1.82, 2.24) is 0 Å². The van der Waals surface area contributed by atoms with Gasteiger partial charge in [0, 0.05) is 18.2 Å². The molecule has 1 aromatic carbocycles. The number of Topliss-reactive ketones (excluding diaryl/α,β-unsaturated/α-hetero) is 1. The first-order valence-corrected chi connectivity index (χ1v) is 6.80. The molecule has 0 radical (unpaired) electrons. The lowest BCUT2D eigenvalue weighted by atomic mass is 10.1. The lowest BCUT2D eigenvalue weighted by Gasteiger charge is -2.08. The van der Waals surface area contributed by atoms with E-state index in [9.17, 15) is 4.79 Å². The first-order chi connectivity index (χ1) is 8.68. The van der Waals surface area contributed by atoms with Gasteiger partial charge >= 0.3 is 0 Å². The van der Waals surface area contributed by atoms with Gasteiger partial charge in [-0.3, -0.25) is 4.79 Å². The number of rotatable bonds is 2. The number of nitrogens with one attached hydrogen (secondary N) is 1. The molecule has 0 aliphatic heterocycles. The summed E-state index contributed by atoms with van der Waals surface area (Å²) in [5.41, 5.74) is 2.79. The van der Waals surface area contributed by atoms with Gasteiger partial charge in [-0.05, 0) is 37.8 Å². The molecule has 0 amide bonds. The Kier molecular flexibility index (Phi) is 4.43. The van der Waals surface area contributed by atoms with Gasteiger partial charge in [-0.25, -0.2) is 0 Å². The highest BCUT2D eigenvalue weighted by molar-refractivity contribution is 6.34. The minimum absolute atomic E-state index is 0.267. The molecule has 0 spiro atoms. The Labute approximate surface area is 113 Å². The molecule has 1 aromatic rings. The molecule has 2 rings (SSSR count). The number of allylic oxidation sites excluding steroid dienone is 1. The van der Waals surface area contributed by atoms with Crippen LogP contribution in [0.5, 0.6) is 0 Å². The van der Waals surface area contributed by atoms with Crippen molar-refractivity contribution in [2.45, 2.75) is 39.0 Å². The van der Waals surface area contributed by atoms with E-state index in [1.54, 1.807) is 0 Å². The van der Waals surface area contributed by atoms with E-state index in [0.29, 0.717) is 6.42 Å². The third kappa shape index (κ3) is 3.14. The van der Waals surface area contributed by atoms with Crippen LogP contribution in [0, 0.1) is 6.92 Å². The molecule has 2 nitrogen and oxygen atoms in total. The largest absolute Gasteiger partial charge is 0.360 e. The van der Waals surface area contributed by atoms with Crippen LogP contribution >= 0.6 is 11.6 Å². The predicted molar refractivity (Wildman–Crippen MR) is 76.0 cm³/mol. The molecular weight excluding hydrogens is 246 g/mol. The fourth-order valence-corrected chi connectivity index (χ4v) is 2.33. The van der Waals surface area contributed by atoms with Gasteiger partial charge in [-0.1, -0.05) is 30.2 Å². The second-order valence-electron chi connectivity index (χ2n) is 4.73. The van der Waals surface area contributed by atoms with Crippen LogP contribution in [0.1, 0.15) is 37.7 Å². The maximum atomic E-state index is 11.8. The van der Waals surface area contributed by atoms with Gasteiger partial charge in [-0.15, -0.1) is 0 Å². The Morgan fingerprint density at radius 2 is 2.00 bits per heavy atom. The highest BCUT2D eigenvalue weighted by Crippen LogP contribution is 2.26. The van der Waals surface area contributed by atoms with E-state index in [4.69, 9.17) is 11.6 Å². The van der Waals surface area contributed by atoms with Gasteiger partial charge in [0.05, 0.1) is 10.7 Å². The first-order valence-electron chi connectivity index (χ1n) is 6.42. The number of hydrogen-bond acceptors (Lipinski definition) is 2. The van der Waals surface area contributed by atoms with E-state index in [-0.39, 0.29) is 5.78 Å². The fraction of sp³-hybridized carbons (Fsp3) is 0.400. The monoisotopic (exact) mass is 263 g/mol. The maximum Gasteiger partial charge on any atom is 0.160 e. The van der Waals surface area contributed by atoms with Crippen LogP contribution in [0.4, 0.5) is 5.69 Å². The van der Waals surface area contributed by atoms with Gasteiger partial charge in [0.1, 0.15) is 0 Å². The summed E-state index contributed by atoms with van der Waals surface area (Å²) in [6, 6.07) is 5.85. The Balaban J connectivity index is 2.13. The molecule has 1 fully saturated rings. The zero-order chi connectivity index (χ0) is 13.0. The number of halogens is 1. The lowest BCUT2D eigenvalue weighted by molar-refractivity contribution is -0.115. The summed E-state index contributed by atoms with van der Waals surface area (Å²) in [5.74, 6) is 0.267. The number of benzene rings is 1. The normalized spacial score (nSPS) is 18.8. The Hall–Kier alpha value is -1.28. The quantitative estimate of drug-likeness (QED) is 0.630. The van der Waals surface area contributed by atoms with Crippen molar-refractivity contribution in [3.8, 4) is 0 Å². The molecule has 0 atom stereocenters. The second-order valence-corrected chi connectivity index (χ2v) is 5.11. The molecule has 1 aliphatic carbocycles. The Morgan fingerprint density at radius 3 is 2.83 bits per heavy atom. The van der Waals surface area contributed by atoms with Gasteiger partial charge in [-0.2, -0.15) is 0 Å². The summed E-state index contributed by atoms with van der Waals surface area (Å²) in [5, 5.41) is 3.88. The maximum absolute atomic E-state index is 11.8. The fourth-order valence-electron chi connectivity index (χ4n) is 2.15. The molecule has 1 aliphatic rings. The molecule has 3 heteroatoms. The van der Waals surface area contributed by atoms with E-state index < -0.39 is 0 Å². The predicted octanol–water partition coefficient (Wildman–Crippen LogP) is 4.48. The van der Waals surface area contributed by atoms with Crippen LogP contribution in [0.3, 0.4) is 0 Å². The van der Waals surface area contributed by atoms with E-state index in [2.05, 4.69) is 5.32 Å². The van der Waals surface area contributed by atoms with Crippen LogP contribution in [0.15, 0.2) is 30.0 Å². The number of hydrogen-bond donors (Lipinski definition) is 1. The van der Waals surface area contributed by atoms with Crippen LogP contribution in [-0.2, 0) is 4.79 Å². The number of anilines is 1. The highest BCUT2D eigenvalue weighted by atomic mass is 35.5. The van der Waals surface area contributed by atoms with E-state index in [1.807, 2.05) is 31.3 Å². The van der Waals surface area contributed by atoms with Gasteiger partial charge in [0.15, 0.2) is 5.78 Å². The summed E-state index contributed by atoms with van der Waals surface area (Å²) in [7, 11) is 0. The van der Waals surface area contributed by atoms with Crippen molar-refractivity contribution in [2.75, 3.05) is 5.32 Å². The average molecular weight is 264 g/mol. The standard InChI is InChI=1S/C15H18ClNO/c1-11-6-5-8-13(15(11)16)17-10-12-7-3-2-4-9-14(12)18/h5-6,8,10,17H,2-4,7,9H2,1H3/b12-10+. The summed E-state index contributed by atoms with van der Waals surface area (Å²) < 4.78 is 0. The molecule has 0 saturated heterocycles. The van der Waals surface area contributed by atoms with Crippen molar-refractivity contribution in [3.05, 3.63) is 40.6 Å². The average Bonchev–Trinajstić information content (AvgIpc) is 2.56. The molecule has 96 valence electrons. The van der Waals surface area contributed by atoms with Crippen molar-refractivity contribution in [3.63, 3.8) is 0 Å². The van der Waals surface area contributed by atoms with Crippen LogP contribution in [0.2, 0.25) is 5.02 Å². The molecule has 0 bridgehead atoms. The third-order valence-corrected chi connectivity index (χ3v) is 3.80. The van der Waals surface area contributed by atoms with Gasteiger partial charge in [0.2, 0.25) is 0 Å². The van der Waals surface area contributed by atoms with Crippen molar-refractivity contribution >= 4 is 23.1 Å². The number of carbonyl (C=O) groups excluding carboxylic acids is 1. The molecule has 1 N–H and O–H groups in total. The van der Waals surface area contributed by atoms with Gasteiger partial charge in [0.25, 0.3) is 0 Å². The second kappa shape index (κ2) is 6.05. The zero-order valence-electron chi connectivity index (χ0n) is 10.6. The van der Waals surface area contributed by atoms with E-state index >= 15 is 0 Å². The zero-order valence-corrected chi connectivity index (χ0v) is 11.4. The third-order valence-electron chi connectivity index (χ3n) is 3.30. The van der Waals surface area contributed by atoms with E-state index in [1.165, 1.54) is 0 Å². The van der Waals surface area contributed by atoms with Gasteiger partial charge < -0.3 is 5.32 Å². The van der Waals surface area contributed by atoms with Crippen molar-refractivity contribution < 1.29 is 4.79 Å². The Morgan fingerprint density at radius 1 is 1.22 bits per heavy atom. The smallest absolute Gasteiger partial charge is 0.160 e. The minimum atomic E-state index is 0.267. The molecule has 0 heterocycles. The molecule has 0 unspecified atom stereocenters.